The van der Waals surface area contributed by atoms with Crippen LogP contribution in [0, 0.1) is 0 Å². The Hall–Kier alpha value is -0.460. The Morgan fingerprint density at radius 1 is 0.952 bits per heavy atom. The fourth-order valence-electron chi connectivity index (χ4n) is 2.09. The van der Waals surface area contributed by atoms with Crippen molar-refractivity contribution in [1.29, 1.82) is 0 Å². The summed E-state index contributed by atoms with van der Waals surface area (Å²) in [6.07, 6.45) is 11.7. The van der Waals surface area contributed by atoms with E-state index in [0.29, 0.717) is 12.7 Å². The zero-order valence-corrected chi connectivity index (χ0v) is 14.2. The van der Waals surface area contributed by atoms with Gasteiger partial charge in [0.25, 0.3) is 10.1 Å². The molecule has 0 aromatic carbocycles. The average Bonchev–Trinajstić information content (AvgIpc) is 2.38. The lowest BCUT2D eigenvalue weighted by atomic mass is 9.99. The topological polar surface area (TPSA) is 80.7 Å². The molecule has 0 fully saturated rings. The lowest BCUT2D eigenvalue weighted by Gasteiger charge is -2.14. The Kier molecular flexibility index (Phi) is 10.9. The van der Waals surface area contributed by atoms with E-state index in [0.717, 1.165) is 51.2 Å². The maximum Gasteiger partial charge on any atom is 0.264 e. The Bertz CT molecular complexity index is 362. The van der Waals surface area contributed by atoms with Crippen molar-refractivity contribution in [3.8, 4) is 0 Å². The van der Waals surface area contributed by atoms with Crippen LogP contribution in [0.4, 0.5) is 0 Å². The number of hydrogen-bond donors (Lipinski definition) is 1. The number of hydrogen-bond acceptors (Lipinski definition) is 5. The van der Waals surface area contributed by atoms with Gasteiger partial charge in [0.2, 0.25) is 0 Å². The predicted octanol–water partition coefficient (Wildman–Crippen LogP) is 2.81. The standard InChI is InChI=1S/C15H30O5S/c1-15(17,14-16)12-10-8-6-4-3-5-7-9-11-13-20-21(2,18)19/h14,17H,3-13H2,1-2H3. The van der Waals surface area contributed by atoms with Gasteiger partial charge in [0.05, 0.1) is 12.9 Å². The first-order chi connectivity index (χ1) is 9.77. The average molecular weight is 322 g/mol. The van der Waals surface area contributed by atoms with Crippen molar-refractivity contribution >= 4 is 16.4 Å². The highest BCUT2D eigenvalue weighted by Crippen LogP contribution is 2.14. The van der Waals surface area contributed by atoms with E-state index >= 15 is 0 Å². The van der Waals surface area contributed by atoms with Crippen LogP contribution in [-0.2, 0) is 19.1 Å². The fraction of sp³-hybridized carbons (Fsp3) is 0.933. The van der Waals surface area contributed by atoms with Gasteiger partial charge in [-0.05, 0) is 19.8 Å². The Labute approximate surface area is 129 Å². The molecule has 0 saturated carbocycles. The first-order valence-electron chi connectivity index (χ1n) is 7.80. The molecule has 1 N–H and O–H groups in total. The molecule has 5 nitrogen and oxygen atoms in total. The van der Waals surface area contributed by atoms with Gasteiger partial charge in [-0.2, -0.15) is 8.42 Å². The monoisotopic (exact) mass is 322 g/mol. The van der Waals surface area contributed by atoms with E-state index in [4.69, 9.17) is 0 Å². The highest BCUT2D eigenvalue weighted by molar-refractivity contribution is 7.85. The van der Waals surface area contributed by atoms with Crippen LogP contribution in [0.2, 0.25) is 0 Å². The van der Waals surface area contributed by atoms with Crippen molar-refractivity contribution < 1.29 is 22.5 Å². The van der Waals surface area contributed by atoms with E-state index in [1.807, 2.05) is 0 Å². The van der Waals surface area contributed by atoms with Gasteiger partial charge in [0.15, 0.2) is 6.29 Å². The van der Waals surface area contributed by atoms with Gasteiger partial charge >= 0.3 is 0 Å². The summed E-state index contributed by atoms with van der Waals surface area (Å²) in [5.74, 6) is 0. The van der Waals surface area contributed by atoms with Crippen molar-refractivity contribution in [3.05, 3.63) is 0 Å². The molecule has 0 rings (SSSR count). The number of rotatable bonds is 14. The molecule has 0 aliphatic heterocycles. The van der Waals surface area contributed by atoms with E-state index in [1.54, 1.807) is 6.92 Å². The maximum atomic E-state index is 10.7. The molecule has 0 amide bonds. The highest BCUT2D eigenvalue weighted by atomic mass is 32.2. The van der Waals surface area contributed by atoms with Crippen LogP contribution in [0.25, 0.3) is 0 Å². The third kappa shape index (κ3) is 15.7. The van der Waals surface area contributed by atoms with Crippen LogP contribution in [0.3, 0.4) is 0 Å². The van der Waals surface area contributed by atoms with Gasteiger partial charge in [-0.15, -0.1) is 0 Å². The summed E-state index contributed by atoms with van der Waals surface area (Å²) in [6.45, 7) is 1.84. The normalized spacial score (nSPS) is 14.8. The summed E-state index contributed by atoms with van der Waals surface area (Å²) in [6, 6.07) is 0. The number of unbranched alkanes of at least 4 members (excludes halogenated alkanes) is 8. The molecule has 0 spiro atoms. The van der Waals surface area contributed by atoms with E-state index in [2.05, 4.69) is 4.18 Å². The summed E-state index contributed by atoms with van der Waals surface area (Å²) in [5.41, 5.74) is -1.16. The van der Waals surface area contributed by atoms with E-state index in [-0.39, 0.29) is 6.61 Å². The van der Waals surface area contributed by atoms with Crippen LogP contribution < -0.4 is 0 Å². The van der Waals surface area contributed by atoms with Crippen LogP contribution in [0.1, 0.15) is 71.1 Å². The summed E-state index contributed by atoms with van der Waals surface area (Å²) >= 11 is 0. The second-order valence-electron chi connectivity index (χ2n) is 5.93. The predicted molar refractivity (Wildman–Crippen MR) is 83.7 cm³/mol. The molecule has 6 heteroatoms. The lowest BCUT2D eigenvalue weighted by Crippen LogP contribution is -2.25. The molecule has 1 atom stereocenters. The number of carbonyl (C=O) groups excluding carboxylic acids is 1. The SMILES string of the molecule is CC(O)(C=O)CCCCCCCCCCCOS(C)(=O)=O. The van der Waals surface area contributed by atoms with Gasteiger partial charge < -0.3 is 9.90 Å². The summed E-state index contributed by atoms with van der Waals surface area (Å²) < 4.78 is 26.1. The van der Waals surface area contributed by atoms with Gasteiger partial charge in [0.1, 0.15) is 5.60 Å². The highest BCUT2D eigenvalue weighted by Gasteiger charge is 2.17. The van der Waals surface area contributed by atoms with E-state index in [1.165, 1.54) is 12.8 Å². The summed E-state index contributed by atoms with van der Waals surface area (Å²) in [5, 5.41) is 9.50. The second-order valence-corrected chi connectivity index (χ2v) is 7.58. The van der Waals surface area contributed by atoms with E-state index in [9.17, 15) is 18.3 Å². The Balaban J connectivity index is 3.21. The number of aldehydes is 1. The van der Waals surface area contributed by atoms with Crippen molar-refractivity contribution in [2.45, 2.75) is 76.7 Å². The molecule has 0 aliphatic rings. The van der Waals surface area contributed by atoms with Crippen molar-refractivity contribution in [2.75, 3.05) is 12.9 Å². The molecule has 0 saturated heterocycles. The molecular formula is C15H30O5S. The second kappa shape index (κ2) is 11.2. The molecule has 21 heavy (non-hydrogen) atoms. The maximum absolute atomic E-state index is 10.7. The Morgan fingerprint density at radius 2 is 1.38 bits per heavy atom. The third-order valence-corrected chi connectivity index (χ3v) is 3.97. The fourth-order valence-corrected chi connectivity index (χ4v) is 2.51. The molecule has 0 bridgehead atoms. The number of aliphatic hydroxyl groups is 1. The van der Waals surface area contributed by atoms with Gasteiger partial charge in [0, 0.05) is 0 Å². The molecule has 0 radical (unpaired) electrons. The minimum atomic E-state index is -3.29. The van der Waals surface area contributed by atoms with Crippen molar-refractivity contribution in [3.63, 3.8) is 0 Å². The molecule has 0 aromatic heterocycles. The minimum Gasteiger partial charge on any atom is -0.383 e. The third-order valence-electron chi connectivity index (χ3n) is 3.38. The molecular weight excluding hydrogens is 292 g/mol. The minimum absolute atomic E-state index is 0.287. The van der Waals surface area contributed by atoms with E-state index < -0.39 is 15.7 Å². The molecule has 126 valence electrons. The number of carbonyl (C=O) groups is 1. The zero-order chi connectivity index (χ0) is 16.2. The van der Waals surface area contributed by atoms with Gasteiger partial charge in [-0.3, -0.25) is 4.18 Å². The molecule has 0 aliphatic carbocycles. The van der Waals surface area contributed by atoms with Crippen molar-refractivity contribution in [2.24, 2.45) is 0 Å². The zero-order valence-electron chi connectivity index (χ0n) is 13.3. The molecule has 0 aromatic rings. The van der Waals surface area contributed by atoms with Crippen LogP contribution in [0.15, 0.2) is 0 Å². The smallest absolute Gasteiger partial charge is 0.264 e. The first kappa shape index (κ1) is 20.5. The van der Waals surface area contributed by atoms with Crippen LogP contribution in [0.5, 0.6) is 0 Å². The van der Waals surface area contributed by atoms with Crippen LogP contribution in [-0.4, -0.2) is 38.3 Å². The summed E-state index contributed by atoms with van der Waals surface area (Å²) in [4.78, 5) is 10.5. The lowest BCUT2D eigenvalue weighted by molar-refractivity contribution is -0.123. The van der Waals surface area contributed by atoms with Gasteiger partial charge in [-0.1, -0.05) is 51.4 Å². The first-order valence-corrected chi connectivity index (χ1v) is 9.61. The van der Waals surface area contributed by atoms with Gasteiger partial charge in [-0.25, -0.2) is 0 Å². The summed E-state index contributed by atoms with van der Waals surface area (Å²) in [7, 11) is -3.29. The Morgan fingerprint density at radius 3 is 1.81 bits per heavy atom. The largest absolute Gasteiger partial charge is 0.383 e. The van der Waals surface area contributed by atoms with Crippen LogP contribution >= 0.6 is 0 Å². The molecule has 0 heterocycles. The van der Waals surface area contributed by atoms with Crippen molar-refractivity contribution in [1.82, 2.24) is 0 Å². The molecule has 1 unspecified atom stereocenters. The quantitative estimate of drug-likeness (QED) is 0.302.